The van der Waals surface area contributed by atoms with Crippen molar-refractivity contribution < 1.29 is 0 Å². The molecule has 1 atom stereocenters. The van der Waals surface area contributed by atoms with Gasteiger partial charge in [-0.25, -0.2) is 0 Å². The Morgan fingerprint density at radius 2 is 1.12 bits per heavy atom. The zero-order chi connectivity index (χ0) is 18.7. The number of nitrogens with one attached hydrogen (secondary N) is 4. The van der Waals surface area contributed by atoms with Crippen molar-refractivity contribution in [2.75, 3.05) is 45.8 Å². The van der Waals surface area contributed by atoms with Gasteiger partial charge in [-0.05, 0) is 97.2 Å². The van der Waals surface area contributed by atoms with Gasteiger partial charge in [0.2, 0.25) is 0 Å². The fourth-order valence-electron chi connectivity index (χ4n) is 3.87. The Kier molecular flexibility index (Phi) is 16.7. The molecule has 0 aliphatic heterocycles. The van der Waals surface area contributed by atoms with E-state index in [0.29, 0.717) is 6.04 Å². The van der Waals surface area contributed by atoms with Crippen molar-refractivity contribution in [3.05, 3.63) is 0 Å². The SMILES string of the molecule is CCCCNCCCNCCCNCCCNC(C)C1CCCCCC1. The lowest BCUT2D eigenvalue weighted by Crippen LogP contribution is -2.35. The topological polar surface area (TPSA) is 48.1 Å². The van der Waals surface area contributed by atoms with Gasteiger partial charge >= 0.3 is 0 Å². The third-order valence-electron chi connectivity index (χ3n) is 5.72. The highest BCUT2D eigenvalue weighted by Gasteiger charge is 2.17. The molecule has 0 aromatic carbocycles. The second kappa shape index (κ2) is 18.2. The molecule has 0 saturated heterocycles. The largest absolute Gasteiger partial charge is 0.317 e. The van der Waals surface area contributed by atoms with Crippen LogP contribution in [0.3, 0.4) is 0 Å². The normalized spacial score (nSPS) is 17.3. The summed E-state index contributed by atoms with van der Waals surface area (Å²) in [7, 11) is 0. The lowest BCUT2D eigenvalue weighted by molar-refractivity contribution is 0.336. The molecule has 1 saturated carbocycles. The molecule has 156 valence electrons. The molecule has 0 heterocycles. The van der Waals surface area contributed by atoms with E-state index >= 15 is 0 Å². The van der Waals surface area contributed by atoms with Crippen LogP contribution < -0.4 is 21.3 Å². The molecular formula is C22H48N4. The van der Waals surface area contributed by atoms with Crippen LogP contribution in [0.4, 0.5) is 0 Å². The standard InChI is InChI=1S/C22H48N4/c1-3-4-14-23-15-9-16-24-17-10-18-25-19-11-20-26-21(2)22-12-7-5-6-8-13-22/h21-26H,3-20H2,1-2H3. The quantitative estimate of drug-likeness (QED) is 0.234. The van der Waals surface area contributed by atoms with Gasteiger partial charge in [0.15, 0.2) is 0 Å². The highest BCUT2D eigenvalue weighted by atomic mass is 14.9. The summed E-state index contributed by atoms with van der Waals surface area (Å²) >= 11 is 0. The number of unbranched alkanes of at least 4 members (excludes halogenated alkanes) is 1. The van der Waals surface area contributed by atoms with Crippen molar-refractivity contribution in [1.29, 1.82) is 0 Å². The van der Waals surface area contributed by atoms with Crippen molar-refractivity contribution in [2.24, 2.45) is 5.92 Å². The summed E-state index contributed by atoms with van der Waals surface area (Å²) in [5.74, 6) is 0.915. The molecule has 0 aromatic rings. The van der Waals surface area contributed by atoms with Crippen LogP contribution in [0.1, 0.15) is 84.5 Å². The molecular weight excluding hydrogens is 320 g/mol. The summed E-state index contributed by atoms with van der Waals surface area (Å²) in [6.45, 7) is 12.7. The van der Waals surface area contributed by atoms with E-state index in [2.05, 4.69) is 35.1 Å². The molecule has 4 heteroatoms. The van der Waals surface area contributed by atoms with Crippen molar-refractivity contribution in [3.8, 4) is 0 Å². The highest BCUT2D eigenvalue weighted by Crippen LogP contribution is 2.25. The van der Waals surface area contributed by atoms with E-state index in [-0.39, 0.29) is 0 Å². The molecule has 26 heavy (non-hydrogen) atoms. The summed E-state index contributed by atoms with van der Waals surface area (Å²) in [5, 5.41) is 14.4. The van der Waals surface area contributed by atoms with Gasteiger partial charge in [-0.15, -0.1) is 0 Å². The molecule has 1 rings (SSSR count). The van der Waals surface area contributed by atoms with Crippen molar-refractivity contribution >= 4 is 0 Å². The van der Waals surface area contributed by atoms with Crippen molar-refractivity contribution in [1.82, 2.24) is 21.3 Å². The molecule has 1 aliphatic carbocycles. The van der Waals surface area contributed by atoms with E-state index in [0.717, 1.165) is 45.2 Å². The van der Waals surface area contributed by atoms with Gasteiger partial charge in [0, 0.05) is 6.04 Å². The molecule has 0 radical (unpaired) electrons. The molecule has 1 unspecified atom stereocenters. The monoisotopic (exact) mass is 368 g/mol. The van der Waals surface area contributed by atoms with Gasteiger partial charge in [0.1, 0.15) is 0 Å². The summed E-state index contributed by atoms with van der Waals surface area (Å²) in [6.07, 6.45) is 15.0. The predicted molar refractivity (Wildman–Crippen MR) is 116 cm³/mol. The summed E-state index contributed by atoms with van der Waals surface area (Å²) < 4.78 is 0. The Labute approximate surface area is 164 Å². The molecule has 1 aliphatic rings. The summed E-state index contributed by atoms with van der Waals surface area (Å²) in [4.78, 5) is 0. The zero-order valence-corrected chi connectivity index (χ0v) is 17.9. The first kappa shape index (κ1) is 23.9. The molecule has 0 spiro atoms. The minimum atomic E-state index is 0.703. The molecule has 4 N–H and O–H groups in total. The van der Waals surface area contributed by atoms with Crippen molar-refractivity contribution in [3.63, 3.8) is 0 Å². The van der Waals surface area contributed by atoms with E-state index in [1.54, 1.807) is 0 Å². The van der Waals surface area contributed by atoms with Crippen molar-refractivity contribution in [2.45, 2.75) is 90.5 Å². The van der Waals surface area contributed by atoms with Gasteiger partial charge < -0.3 is 21.3 Å². The first-order valence-electron chi connectivity index (χ1n) is 11.7. The molecule has 0 aromatic heterocycles. The van der Waals surface area contributed by atoms with Crippen LogP contribution in [0.5, 0.6) is 0 Å². The van der Waals surface area contributed by atoms with Crippen LogP contribution in [0.2, 0.25) is 0 Å². The van der Waals surface area contributed by atoms with Crippen LogP contribution in [0.25, 0.3) is 0 Å². The van der Waals surface area contributed by atoms with E-state index in [1.807, 2.05) is 0 Å². The third-order valence-corrected chi connectivity index (χ3v) is 5.72. The third kappa shape index (κ3) is 14.0. The average Bonchev–Trinajstić information content (AvgIpc) is 2.94. The van der Waals surface area contributed by atoms with E-state index in [9.17, 15) is 0 Å². The molecule has 0 amide bonds. The Hall–Kier alpha value is -0.160. The first-order valence-corrected chi connectivity index (χ1v) is 11.7. The molecule has 1 fully saturated rings. The van der Waals surface area contributed by atoms with Crippen LogP contribution in [-0.4, -0.2) is 51.9 Å². The number of rotatable bonds is 17. The highest BCUT2D eigenvalue weighted by molar-refractivity contribution is 4.75. The Morgan fingerprint density at radius 3 is 1.62 bits per heavy atom. The lowest BCUT2D eigenvalue weighted by atomic mass is 9.93. The van der Waals surface area contributed by atoms with E-state index in [1.165, 1.54) is 77.2 Å². The zero-order valence-electron chi connectivity index (χ0n) is 17.9. The summed E-state index contributed by atoms with van der Waals surface area (Å²) in [5.41, 5.74) is 0. The average molecular weight is 369 g/mol. The molecule has 4 nitrogen and oxygen atoms in total. The minimum absolute atomic E-state index is 0.703. The maximum absolute atomic E-state index is 3.77. The number of hydrogen-bond acceptors (Lipinski definition) is 4. The van der Waals surface area contributed by atoms with Gasteiger partial charge in [-0.2, -0.15) is 0 Å². The van der Waals surface area contributed by atoms with Gasteiger partial charge in [0.05, 0.1) is 0 Å². The van der Waals surface area contributed by atoms with Crippen LogP contribution in [-0.2, 0) is 0 Å². The Balaban J connectivity index is 1.76. The fraction of sp³-hybridized carbons (Fsp3) is 1.00. The maximum atomic E-state index is 3.77. The summed E-state index contributed by atoms with van der Waals surface area (Å²) in [6, 6.07) is 0.703. The number of hydrogen-bond donors (Lipinski definition) is 4. The molecule has 0 bridgehead atoms. The first-order chi connectivity index (χ1) is 12.8. The predicted octanol–water partition coefficient (Wildman–Crippen LogP) is 3.67. The Morgan fingerprint density at radius 1 is 0.654 bits per heavy atom. The second-order valence-electron chi connectivity index (χ2n) is 8.16. The second-order valence-corrected chi connectivity index (χ2v) is 8.16. The van der Waals surface area contributed by atoms with Gasteiger partial charge in [0.25, 0.3) is 0 Å². The fourth-order valence-corrected chi connectivity index (χ4v) is 3.87. The van der Waals surface area contributed by atoms with Crippen LogP contribution in [0, 0.1) is 5.92 Å². The smallest absolute Gasteiger partial charge is 0.00670 e. The van der Waals surface area contributed by atoms with Gasteiger partial charge in [-0.3, -0.25) is 0 Å². The Bertz CT molecular complexity index is 277. The van der Waals surface area contributed by atoms with E-state index in [4.69, 9.17) is 0 Å². The minimum Gasteiger partial charge on any atom is -0.317 e. The van der Waals surface area contributed by atoms with Crippen LogP contribution in [0.15, 0.2) is 0 Å². The maximum Gasteiger partial charge on any atom is 0.00670 e. The van der Waals surface area contributed by atoms with Crippen LogP contribution >= 0.6 is 0 Å². The van der Waals surface area contributed by atoms with E-state index < -0.39 is 0 Å². The van der Waals surface area contributed by atoms with Gasteiger partial charge in [-0.1, -0.05) is 39.0 Å². The lowest BCUT2D eigenvalue weighted by Gasteiger charge is -2.23.